The third-order valence-corrected chi connectivity index (χ3v) is 4.71. The molecular formula is C16H16BrN7O. The van der Waals surface area contributed by atoms with Crippen molar-refractivity contribution in [2.24, 2.45) is 0 Å². The number of carbonyl (C=O) groups excluding carboxylic acids is 1. The topological polar surface area (TPSA) is 81.7 Å². The summed E-state index contributed by atoms with van der Waals surface area (Å²) in [6, 6.07) is 8.01. The van der Waals surface area contributed by atoms with Crippen LogP contribution < -0.4 is 0 Å². The number of halogens is 1. The van der Waals surface area contributed by atoms with Crippen molar-refractivity contribution in [2.75, 3.05) is 13.1 Å². The normalized spacial score (nSPS) is 14.5. The van der Waals surface area contributed by atoms with Crippen LogP contribution >= 0.6 is 15.9 Å². The summed E-state index contributed by atoms with van der Waals surface area (Å²) in [5, 5.41) is 16.4. The smallest absolute Gasteiger partial charge is 0.227 e. The van der Waals surface area contributed by atoms with Crippen LogP contribution in [0.4, 0.5) is 0 Å². The van der Waals surface area contributed by atoms with E-state index in [4.69, 9.17) is 0 Å². The Hall–Kier alpha value is -2.55. The lowest BCUT2D eigenvalue weighted by Crippen LogP contribution is -2.51. The van der Waals surface area contributed by atoms with E-state index in [0.29, 0.717) is 26.1 Å². The average molecular weight is 402 g/mol. The second kappa shape index (κ2) is 6.75. The molecule has 1 aliphatic heterocycles. The number of hydrogen-bond donors (Lipinski definition) is 0. The van der Waals surface area contributed by atoms with Crippen molar-refractivity contribution in [3.8, 4) is 0 Å². The summed E-state index contributed by atoms with van der Waals surface area (Å²) in [5.41, 5.74) is 1.82. The minimum atomic E-state index is 0.139. The Morgan fingerprint density at radius 2 is 1.88 bits per heavy atom. The van der Waals surface area contributed by atoms with Gasteiger partial charge in [-0.15, -0.1) is 5.10 Å². The van der Waals surface area contributed by atoms with Crippen molar-refractivity contribution in [3.05, 3.63) is 58.6 Å². The predicted octanol–water partition coefficient (Wildman–Crippen LogP) is 1.31. The third kappa shape index (κ3) is 3.60. The van der Waals surface area contributed by atoms with Gasteiger partial charge >= 0.3 is 0 Å². The lowest BCUT2D eigenvalue weighted by molar-refractivity contribution is -0.136. The molecule has 1 aliphatic rings. The van der Waals surface area contributed by atoms with Gasteiger partial charge in [-0.1, -0.05) is 33.3 Å². The van der Waals surface area contributed by atoms with E-state index in [1.807, 2.05) is 40.0 Å². The fraction of sp³-hybridized carbons (Fsp3) is 0.312. The molecule has 8 nitrogen and oxygen atoms in total. The fourth-order valence-electron chi connectivity index (χ4n) is 2.75. The van der Waals surface area contributed by atoms with Gasteiger partial charge in [-0.3, -0.25) is 4.79 Å². The lowest BCUT2D eigenvalue weighted by atomic mass is 10.1. The van der Waals surface area contributed by atoms with Gasteiger partial charge in [0.15, 0.2) is 0 Å². The zero-order valence-corrected chi connectivity index (χ0v) is 14.9. The number of nitrogens with zero attached hydrogens (tertiary/aromatic N) is 7. The Balaban J connectivity index is 1.30. The SMILES string of the molecule is O=C(Cc1ccc(Br)cc1)N1CC(n2cc(Cn3nccn3)nn2)C1. The van der Waals surface area contributed by atoms with Gasteiger partial charge in [-0.25, -0.2) is 4.68 Å². The van der Waals surface area contributed by atoms with Crippen molar-refractivity contribution >= 4 is 21.8 Å². The molecule has 0 aliphatic carbocycles. The van der Waals surface area contributed by atoms with Gasteiger partial charge in [0.05, 0.1) is 31.1 Å². The molecule has 0 spiro atoms. The lowest BCUT2D eigenvalue weighted by Gasteiger charge is -2.39. The maximum atomic E-state index is 12.3. The van der Waals surface area contributed by atoms with E-state index in [2.05, 4.69) is 36.4 Å². The first-order valence-electron chi connectivity index (χ1n) is 7.94. The maximum Gasteiger partial charge on any atom is 0.227 e. The van der Waals surface area contributed by atoms with Gasteiger partial charge in [0.2, 0.25) is 5.91 Å². The molecule has 1 amide bonds. The molecule has 1 aromatic carbocycles. The highest BCUT2D eigenvalue weighted by molar-refractivity contribution is 9.10. The standard InChI is InChI=1S/C16H16BrN7O/c17-13-3-1-12(2-4-13)7-16(25)22-10-15(11-22)23-8-14(20-21-23)9-24-18-5-6-19-24/h1-6,8,15H,7,9-11H2. The Morgan fingerprint density at radius 1 is 1.16 bits per heavy atom. The van der Waals surface area contributed by atoms with Crippen LogP contribution in [0.25, 0.3) is 0 Å². The number of hydrogen-bond acceptors (Lipinski definition) is 5. The zero-order valence-electron chi connectivity index (χ0n) is 13.4. The molecule has 9 heteroatoms. The summed E-state index contributed by atoms with van der Waals surface area (Å²) in [4.78, 5) is 15.7. The Kier molecular flexibility index (Phi) is 4.31. The van der Waals surface area contributed by atoms with Crippen LogP contribution in [0.1, 0.15) is 17.3 Å². The van der Waals surface area contributed by atoms with Crippen molar-refractivity contribution < 1.29 is 4.79 Å². The number of amides is 1. The highest BCUT2D eigenvalue weighted by Gasteiger charge is 2.32. The Bertz CT molecular complexity index is 853. The molecule has 0 N–H and O–H groups in total. The number of likely N-dealkylation sites (tertiary alicyclic amines) is 1. The second-order valence-electron chi connectivity index (χ2n) is 6.01. The average Bonchev–Trinajstić information content (AvgIpc) is 3.21. The van der Waals surface area contributed by atoms with Crippen molar-refractivity contribution in [1.82, 2.24) is 34.9 Å². The van der Waals surface area contributed by atoms with Gasteiger partial charge in [0.25, 0.3) is 0 Å². The van der Waals surface area contributed by atoms with Gasteiger partial charge in [0, 0.05) is 17.6 Å². The van der Waals surface area contributed by atoms with Crippen LogP contribution in [0.3, 0.4) is 0 Å². The maximum absolute atomic E-state index is 12.3. The molecule has 4 rings (SSSR count). The molecule has 128 valence electrons. The minimum Gasteiger partial charge on any atom is -0.338 e. The van der Waals surface area contributed by atoms with Gasteiger partial charge < -0.3 is 4.90 Å². The first kappa shape index (κ1) is 15.9. The van der Waals surface area contributed by atoms with Crippen molar-refractivity contribution in [2.45, 2.75) is 19.0 Å². The first-order chi connectivity index (χ1) is 12.2. The largest absolute Gasteiger partial charge is 0.338 e. The van der Waals surface area contributed by atoms with Gasteiger partial charge in [-0.2, -0.15) is 15.0 Å². The molecule has 3 aromatic rings. The zero-order chi connectivity index (χ0) is 17.2. The van der Waals surface area contributed by atoms with Crippen LogP contribution in [0.15, 0.2) is 47.3 Å². The van der Waals surface area contributed by atoms with E-state index in [0.717, 1.165) is 15.7 Å². The van der Waals surface area contributed by atoms with E-state index >= 15 is 0 Å². The quantitative estimate of drug-likeness (QED) is 0.643. The molecule has 0 radical (unpaired) electrons. The molecule has 2 aromatic heterocycles. The number of benzene rings is 1. The number of rotatable bonds is 5. The summed E-state index contributed by atoms with van der Waals surface area (Å²) in [6.45, 7) is 1.82. The van der Waals surface area contributed by atoms with Crippen molar-refractivity contribution in [3.63, 3.8) is 0 Å². The van der Waals surface area contributed by atoms with Crippen LogP contribution in [0, 0.1) is 0 Å². The van der Waals surface area contributed by atoms with Gasteiger partial charge in [0.1, 0.15) is 12.2 Å². The van der Waals surface area contributed by atoms with E-state index < -0.39 is 0 Å². The molecule has 3 heterocycles. The van der Waals surface area contributed by atoms with E-state index in [-0.39, 0.29) is 11.9 Å². The molecular weight excluding hydrogens is 386 g/mol. The predicted molar refractivity (Wildman–Crippen MR) is 92.6 cm³/mol. The Labute approximate surface area is 152 Å². The summed E-state index contributed by atoms with van der Waals surface area (Å²) in [6.07, 6.45) is 5.58. The Morgan fingerprint density at radius 3 is 2.60 bits per heavy atom. The van der Waals surface area contributed by atoms with Gasteiger partial charge in [-0.05, 0) is 17.7 Å². The molecule has 0 atom stereocenters. The summed E-state index contributed by atoms with van der Waals surface area (Å²) in [7, 11) is 0. The number of aromatic nitrogens is 6. The van der Waals surface area contributed by atoms with Crippen LogP contribution in [-0.2, 0) is 17.8 Å². The van der Waals surface area contributed by atoms with Crippen molar-refractivity contribution in [1.29, 1.82) is 0 Å². The molecule has 1 fully saturated rings. The molecule has 1 saturated heterocycles. The number of carbonyl (C=O) groups is 1. The minimum absolute atomic E-state index is 0.139. The summed E-state index contributed by atoms with van der Waals surface area (Å²) >= 11 is 3.40. The molecule has 0 bridgehead atoms. The highest BCUT2D eigenvalue weighted by Crippen LogP contribution is 2.22. The van der Waals surface area contributed by atoms with Crippen LogP contribution in [0.2, 0.25) is 0 Å². The van der Waals surface area contributed by atoms with Crippen LogP contribution in [0.5, 0.6) is 0 Å². The van der Waals surface area contributed by atoms with E-state index in [9.17, 15) is 4.79 Å². The summed E-state index contributed by atoms with van der Waals surface area (Å²) in [5.74, 6) is 0.139. The highest BCUT2D eigenvalue weighted by atomic mass is 79.9. The molecule has 0 unspecified atom stereocenters. The second-order valence-corrected chi connectivity index (χ2v) is 6.92. The monoisotopic (exact) mass is 401 g/mol. The summed E-state index contributed by atoms with van der Waals surface area (Å²) < 4.78 is 2.84. The molecule has 25 heavy (non-hydrogen) atoms. The van der Waals surface area contributed by atoms with E-state index in [1.165, 1.54) is 0 Å². The first-order valence-corrected chi connectivity index (χ1v) is 8.74. The molecule has 0 saturated carbocycles. The fourth-order valence-corrected chi connectivity index (χ4v) is 3.01. The van der Waals surface area contributed by atoms with E-state index in [1.54, 1.807) is 17.2 Å². The van der Waals surface area contributed by atoms with Crippen LogP contribution in [-0.4, -0.2) is 53.9 Å². The third-order valence-electron chi connectivity index (χ3n) is 4.19.